The average Bonchev–Trinajstić information content (AvgIpc) is 3.05. The molecular formula is C27H40O2. The van der Waals surface area contributed by atoms with Crippen molar-refractivity contribution in [1.82, 2.24) is 0 Å². The van der Waals surface area contributed by atoms with E-state index in [-0.39, 0.29) is 5.97 Å². The van der Waals surface area contributed by atoms with Crippen LogP contribution in [0.15, 0.2) is 34.9 Å². The molecule has 0 bridgehead atoms. The minimum absolute atomic E-state index is 0.0619. The summed E-state index contributed by atoms with van der Waals surface area (Å²) >= 11 is 0. The average molecular weight is 397 g/mol. The van der Waals surface area contributed by atoms with Gasteiger partial charge in [0.05, 0.1) is 7.11 Å². The van der Waals surface area contributed by atoms with Gasteiger partial charge in [0, 0.05) is 6.42 Å². The first-order valence-electron chi connectivity index (χ1n) is 12.0. The molecule has 2 unspecified atom stereocenters. The summed E-state index contributed by atoms with van der Waals surface area (Å²) in [7, 11) is 1.49. The number of methoxy groups -OCH3 is 1. The Labute approximate surface area is 177 Å². The number of hydrogen-bond donors (Lipinski definition) is 0. The molecular weight excluding hydrogens is 356 g/mol. The Hall–Kier alpha value is -1.31. The highest BCUT2D eigenvalue weighted by molar-refractivity contribution is 5.68. The maximum atomic E-state index is 11.5. The van der Waals surface area contributed by atoms with Crippen molar-refractivity contribution in [2.75, 3.05) is 7.11 Å². The number of fused-ring (bicyclic) bond motifs is 5. The van der Waals surface area contributed by atoms with Crippen LogP contribution >= 0.6 is 0 Å². The molecule has 0 saturated heterocycles. The molecule has 0 aromatic heterocycles. The molecule has 4 aliphatic rings. The number of carbonyl (C=O) groups is 1. The Kier molecular flexibility index (Phi) is 5.59. The third-order valence-corrected chi connectivity index (χ3v) is 9.47. The van der Waals surface area contributed by atoms with Crippen LogP contribution in [0.2, 0.25) is 0 Å². The van der Waals surface area contributed by atoms with Crippen LogP contribution in [0.1, 0.15) is 85.5 Å². The van der Waals surface area contributed by atoms with Crippen molar-refractivity contribution in [2.24, 2.45) is 34.5 Å². The Morgan fingerprint density at radius 1 is 1.17 bits per heavy atom. The van der Waals surface area contributed by atoms with E-state index >= 15 is 0 Å². The molecule has 0 spiro atoms. The van der Waals surface area contributed by atoms with Crippen LogP contribution in [0.5, 0.6) is 0 Å². The number of allylic oxidation sites excluding steroid dienone is 6. The molecule has 4 aliphatic carbocycles. The molecule has 6 atom stereocenters. The van der Waals surface area contributed by atoms with Crippen LogP contribution < -0.4 is 0 Å². The Morgan fingerprint density at radius 3 is 2.72 bits per heavy atom. The predicted octanol–water partition coefficient (Wildman–Crippen LogP) is 7.02. The van der Waals surface area contributed by atoms with Gasteiger partial charge < -0.3 is 4.74 Å². The van der Waals surface area contributed by atoms with Gasteiger partial charge in [-0.1, -0.05) is 50.1 Å². The second-order valence-corrected chi connectivity index (χ2v) is 11.0. The van der Waals surface area contributed by atoms with Gasteiger partial charge in [0.15, 0.2) is 0 Å². The minimum atomic E-state index is -0.0619. The van der Waals surface area contributed by atoms with Gasteiger partial charge in [-0.2, -0.15) is 0 Å². The summed E-state index contributed by atoms with van der Waals surface area (Å²) in [6, 6.07) is 0. The van der Waals surface area contributed by atoms with E-state index < -0.39 is 0 Å². The van der Waals surface area contributed by atoms with Gasteiger partial charge >= 0.3 is 5.97 Å². The fourth-order valence-corrected chi connectivity index (χ4v) is 7.66. The van der Waals surface area contributed by atoms with Gasteiger partial charge in [0.1, 0.15) is 0 Å². The topological polar surface area (TPSA) is 26.3 Å². The third kappa shape index (κ3) is 3.45. The number of ether oxygens (including phenoxy) is 1. The van der Waals surface area contributed by atoms with E-state index in [9.17, 15) is 4.79 Å². The van der Waals surface area contributed by atoms with Gasteiger partial charge in [0.2, 0.25) is 0 Å². The van der Waals surface area contributed by atoms with Crippen LogP contribution in [-0.2, 0) is 9.53 Å². The Bertz CT molecular complexity index is 756. The van der Waals surface area contributed by atoms with Crippen molar-refractivity contribution in [3.8, 4) is 0 Å². The first-order chi connectivity index (χ1) is 13.8. The SMILES string of the molecule is COC(=O)CCC[C@@H](C)[C@H]1CCC2C3=CC=C4C=C(C)CC[C@]4(C)C3CC[C@@]21C. The molecule has 0 amide bonds. The zero-order valence-electron chi connectivity index (χ0n) is 19.2. The van der Waals surface area contributed by atoms with Crippen molar-refractivity contribution in [1.29, 1.82) is 0 Å². The highest BCUT2D eigenvalue weighted by Crippen LogP contribution is 2.65. The smallest absolute Gasteiger partial charge is 0.305 e. The standard InChI is InChI=1S/C27H40O2/c1-18-13-15-26(3)20(17-18)9-10-21-23-12-11-22(27(23,4)16-14-24(21)26)19(2)7-6-8-25(28)29-5/h9-10,17,19,22-24H,6-8,11-16H2,1-5H3/t19-,22-,23?,24?,26+,27-/m1/s1. The fourth-order valence-electron chi connectivity index (χ4n) is 7.66. The summed E-state index contributed by atoms with van der Waals surface area (Å²) in [6.45, 7) is 9.87. The minimum Gasteiger partial charge on any atom is -0.469 e. The molecule has 2 fully saturated rings. The maximum Gasteiger partial charge on any atom is 0.305 e. The van der Waals surface area contributed by atoms with E-state index in [4.69, 9.17) is 4.74 Å². The first-order valence-corrected chi connectivity index (χ1v) is 12.0. The van der Waals surface area contributed by atoms with Gasteiger partial charge in [-0.3, -0.25) is 4.79 Å². The van der Waals surface area contributed by atoms with Gasteiger partial charge in [-0.25, -0.2) is 0 Å². The predicted molar refractivity (Wildman–Crippen MR) is 119 cm³/mol. The Balaban J connectivity index is 1.52. The number of hydrogen-bond acceptors (Lipinski definition) is 2. The second kappa shape index (κ2) is 7.75. The fraction of sp³-hybridized carbons (Fsp3) is 0.741. The molecule has 0 aliphatic heterocycles. The quantitative estimate of drug-likeness (QED) is 0.467. The molecule has 160 valence electrons. The molecule has 2 saturated carbocycles. The zero-order valence-corrected chi connectivity index (χ0v) is 19.2. The van der Waals surface area contributed by atoms with Crippen molar-refractivity contribution in [3.63, 3.8) is 0 Å². The van der Waals surface area contributed by atoms with E-state index in [1.807, 2.05) is 0 Å². The van der Waals surface area contributed by atoms with Crippen LogP contribution in [-0.4, -0.2) is 13.1 Å². The molecule has 0 aromatic carbocycles. The van der Waals surface area contributed by atoms with Crippen molar-refractivity contribution < 1.29 is 9.53 Å². The normalized spacial score (nSPS) is 39.3. The number of carbonyl (C=O) groups excluding carboxylic acids is 1. The number of esters is 1. The molecule has 29 heavy (non-hydrogen) atoms. The van der Waals surface area contributed by atoms with Gasteiger partial charge in [-0.15, -0.1) is 0 Å². The van der Waals surface area contributed by atoms with E-state index in [2.05, 4.69) is 45.9 Å². The molecule has 2 heteroatoms. The summed E-state index contributed by atoms with van der Waals surface area (Å²) in [4.78, 5) is 11.5. The van der Waals surface area contributed by atoms with Gasteiger partial charge in [0.25, 0.3) is 0 Å². The highest BCUT2D eigenvalue weighted by Gasteiger charge is 2.56. The van der Waals surface area contributed by atoms with Crippen LogP contribution in [0.3, 0.4) is 0 Å². The summed E-state index contributed by atoms with van der Waals surface area (Å²) in [5.41, 5.74) is 5.71. The molecule has 0 radical (unpaired) electrons. The lowest BCUT2D eigenvalue weighted by Crippen LogP contribution is -2.45. The molecule has 0 aromatic rings. The lowest BCUT2D eigenvalue weighted by atomic mass is 9.50. The number of rotatable bonds is 5. The monoisotopic (exact) mass is 396 g/mol. The summed E-state index contributed by atoms with van der Waals surface area (Å²) in [6.07, 6.45) is 18.2. The third-order valence-electron chi connectivity index (χ3n) is 9.47. The molecule has 0 N–H and O–H groups in total. The molecule has 4 rings (SSSR count). The first kappa shape index (κ1) is 20.9. The van der Waals surface area contributed by atoms with Crippen LogP contribution in [0, 0.1) is 34.5 Å². The maximum absolute atomic E-state index is 11.5. The van der Waals surface area contributed by atoms with Crippen molar-refractivity contribution in [3.05, 3.63) is 34.9 Å². The van der Waals surface area contributed by atoms with Crippen molar-refractivity contribution in [2.45, 2.75) is 85.5 Å². The van der Waals surface area contributed by atoms with Gasteiger partial charge in [-0.05, 0) is 98.4 Å². The Morgan fingerprint density at radius 2 is 1.97 bits per heavy atom. The van der Waals surface area contributed by atoms with Crippen LogP contribution in [0.4, 0.5) is 0 Å². The van der Waals surface area contributed by atoms with Crippen molar-refractivity contribution >= 4 is 5.97 Å². The molecule has 2 nitrogen and oxygen atoms in total. The van der Waals surface area contributed by atoms with E-state index in [1.54, 1.807) is 16.7 Å². The summed E-state index contributed by atoms with van der Waals surface area (Å²) < 4.78 is 4.83. The van der Waals surface area contributed by atoms with E-state index in [1.165, 1.54) is 45.6 Å². The lowest BCUT2D eigenvalue weighted by Gasteiger charge is -2.54. The lowest BCUT2D eigenvalue weighted by molar-refractivity contribution is -0.140. The summed E-state index contributed by atoms with van der Waals surface area (Å²) in [5, 5.41) is 0. The van der Waals surface area contributed by atoms with E-state index in [0.717, 1.165) is 30.6 Å². The van der Waals surface area contributed by atoms with E-state index in [0.29, 0.717) is 23.2 Å². The zero-order chi connectivity index (χ0) is 20.8. The molecule has 0 heterocycles. The second-order valence-electron chi connectivity index (χ2n) is 11.0. The largest absolute Gasteiger partial charge is 0.469 e. The van der Waals surface area contributed by atoms with Crippen LogP contribution in [0.25, 0.3) is 0 Å². The summed E-state index contributed by atoms with van der Waals surface area (Å²) in [5.74, 6) is 2.93. The highest BCUT2D eigenvalue weighted by atomic mass is 16.5.